The van der Waals surface area contributed by atoms with Crippen molar-refractivity contribution in [2.45, 2.75) is 0 Å². The van der Waals surface area contributed by atoms with Crippen molar-refractivity contribution in [2.24, 2.45) is 0 Å². The van der Waals surface area contributed by atoms with E-state index in [2.05, 4.69) is 169 Å². The van der Waals surface area contributed by atoms with E-state index < -0.39 is 0 Å². The average Bonchev–Trinajstić information content (AvgIpc) is 3.75. The van der Waals surface area contributed by atoms with Crippen LogP contribution in [0.4, 0.5) is 17.1 Å². The third-order valence-electron chi connectivity index (χ3n) is 9.65. The monoisotopic (exact) mass is 643 g/mol. The molecule has 0 N–H and O–H groups in total. The van der Waals surface area contributed by atoms with Gasteiger partial charge >= 0.3 is 0 Å². The molecule has 0 bridgehead atoms. The molecule has 0 radical (unpaired) electrons. The summed E-state index contributed by atoms with van der Waals surface area (Å²) in [6.45, 7) is 0. The van der Waals surface area contributed by atoms with Crippen molar-refractivity contribution in [2.75, 3.05) is 4.90 Å². The van der Waals surface area contributed by atoms with E-state index >= 15 is 0 Å². The third-order valence-corrected chi connectivity index (χ3v) is 10.9. The minimum Gasteiger partial charge on any atom is -0.455 e. The number of benzene rings is 8. The Hall–Kier alpha value is -6.16. The van der Waals surface area contributed by atoms with Gasteiger partial charge in [-0.1, -0.05) is 115 Å². The van der Waals surface area contributed by atoms with E-state index in [1.54, 1.807) is 0 Å². The maximum atomic E-state index is 6.39. The molecule has 10 aromatic rings. The topological polar surface area (TPSA) is 16.4 Å². The van der Waals surface area contributed by atoms with Crippen LogP contribution in [0.2, 0.25) is 0 Å². The highest BCUT2D eigenvalue weighted by atomic mass is 32.1. The van der Waals surface area contributed by atoms with Crippen molar-refractivity contribution in [3.05, 3.63) is 176 Å². The van der Waals surface area contributed by atoms with E-state index in [9.17, 15) is 0 Å². The standard InChI is InChI=1S/C46H29NOS/c1-2-10-30(11-3-1)32-12-8-13-35(28-32)47(36-25-27-37-33(29-36)22-26-41-39-14-4-6-18-43(39)48-45(37)41)34-23-20-31(21-24-34)38-16-9-17-42-40-15-5-7-19-44(40)49-46(38)42/h1-29H. The van der Waals surface area contributed by atoms with Gasteiger partial charge in [0.1, 0.15) is 11.2 Å². The van der Waals surface area contributed by atoms with Crippen LogP contribution >= 0.6 is 11.3 Å². The van der Waals surface area contributed by atoms with Crippen molar-refractivity contribution in [1.29, 1.82) is 0 Å². The highest BCUT2D eigenvalue weighted by molar-refractivity contribution is 7.26. The minimum atomic E-state index is 0.917. The predicted molar refractivity (Wildman–Crippen MR) is 210 cm³/mol. The summed E-state index contributed by atoms with van der Waals surface area (Å²) >= 11 is 1.87. The third kappa shape index (κ3) is 4.62. The SMILES string of the molecule is c1ccc(-c2cccc(N(c3ccc(-c4cccc5c4sc4ccccc45)cc3)c3ccc4c(ccc5c6ccccc6oc45)c3)c2)cc1. The molecule has 0 saturated carbocycles. The van der Waals surface area contributed by atoms with Crippen molar-refractivity contribution >= 4 is 81.3 Å². The molecule has 49 heavy (non-hydrogen) atoms. The number of para-hydroxylation sites is 1. The Balaban J connectivity index is 1.12. The zero-order valence-electron chi connectivity index (χ0n) is 26.5. The first-order valence-electron chi connectivity index (χ1n) is 16.6. The minimum absolute atomic E-state index is 0.917. The van der Waals surface area contributed by atoms with Crippen LogP contribution in [-0.2, 0) is 0 Å². The Bertz CT molecular complexity index is 2830. The van der Waals surface area contributed by atoms with Crippen LogP contribution in [0.1, 0.15) is 0 Å². The van der Waals surface area contributed by atoms with E-state index in [4.69, 9.17) is 4.42 Å². The normalized spacial score (nSPS) is 11.7. The van der Waals surface area contributed by atoms with Gasteiger partial charge in [0.15, 0.2) is 0 Å². The van der Waals surface area contributed by atoms with Crippen LogP contribution in [-0.4, -0.2) is 0 Å². The summed E-state index contributed by atoms with van der Waals surface area (Å²) in [5.41, 5.74) is 10.00. The van der Waals surface area contributed by atoms with E-state index in [-0.39, 0.29) is 0 Å². The van der Waals surface area contributed by atoms with Gasteiger partial charge < -0.3 is 9.32 Å². The molecule has 0 fully saturated rings. The van der Waals surface area contributed by atoms with E-state index in [1.807, 2.05) is 23.5 Å². The number of rotatable bonds is 5. The van der Waals surface area contributed by atoms with Gasteiger partial charge in [0.05, 0.1) is 0 Å². The van der Waals surface area contributed by atoms with Crippen LogP contribution in [0.15, 0.2) is 180 Å². The second-order valence-electron chi connectivity index (χ2n) is 12.5. The molecule has 0 aliphatic carbocycles. The Morgan fingerprint density at radius 2 is 1.10 bits per heavy atom. The molecule has 0 aliphatic heterocycles. The van der Waals surface area contributed by atoms with E-state index in [1.165, 1.54) is 42.4 Å². The molecule has 2 aromatic heterocycles. The highest BCUT2D eigenvalue weighted by Crippen LogP contribution is 2.43. The largest absolute Gasteiger partial charge is 0.455 e. The summed E-state index contributed by atoms with van der Waals surface area (Å²) in [6, 6.07) is 63.2. The number of anilines is 3. The molecule has 2 nitrogen and oxygen atoms in total. The number of furan rings is 1. The first-order valence-corrected chi connectivity index (χ1v) is 17.4. The average molecular weight is 644 g/mol. The van der Waals surface area contributed by atoms with E-state index in [0.29, 0.717) is 0 Å². The summed E-state index contributed by atoms with van der Waals surface area (Å²) in [6.07, 6.45) is 0. The van der Waals surface area contributed by atoms with Crippen LogP contribution in [0, 0.1) is 0 Å². The fourth-order valence-corrected chi connectivity index (χ4v) is 8.54. The molecule has 230 valence electrons. The molecule has 0 amide bonds. The zero-order chi connectivity index (χ0) is 32.3. The lowest BCUT2D eigenvalue weighted by molar-refractivity contribution is 0.672. The summed E-state index contributed by atoms with van der Waals surface area (Å²) in [4.78, 5) is 2.36. The highest BCUT2D eigenvalue weighted by Gasteiger charge is 2.17. The molecule has 0 spiro atoms. The quantitative estimate of drug-likeness (QED) is 0.186. The molecule has 0 atom stereocenters. The molecular weight excluding hydrogens is 615 g/mol. The van der Waals surface area contributed by atoms with Crippen LogP contribution < -0.4 is 4.90 Å². The van der Waals surface area contributed by atoms with Crippen LogP contribution in [0.5, 0.6) is 0 Å². The Labute approximate surface area is 287 Å². The van der Waals surface area contributed by atoms with Crippen molar-refractivity contribution in [3.8, 4) is 22.3 Å². The number of hydrogen-bond donors (Lipinski definition) is 0. The number of hydrogen-bond acceptors (Lipinski definition) is 3. The maximum Gasteiger partial charge on any atom is 0.143 e. The van der Waals surface area contributed by atoms with Crippen LogP contribution in [0.25, 0.3) is 75.1 Å². The number of thiophene rings is 1. The predicted octanol–water partition coefficient (Wildman–Crippen LogP) is 13.9. The Morgan fingerprint density at radius 3 is 2.00 bits per heavy atom. The van der Waals surface area contributed by atoms with Gasteiger partial charge in [-0.3, -0.25) is 0 Å². The summed E-state index contributed by atoms with van der Waals surface area (Å²) < 4.78 is 9.04. The van der Waals surface area contributed by atoms with E-state index in [0.717, 1.165) is 49.8 Å². The van der Waals surface area contributed by atoms with Gasteiger partial charge in [0.2, 0.25) is 0 Å². The molecule has 0 saturated heterocycles. The van der Waals surface area contributed by atoms with Crippen molar-refractivity contribution < 1.29 is 4.42 Å². The first-order chi connectivity index (χ1) is 24.3. The molecule has 0 unspecified atom stereocenters. The fraction of sp³-hybridized carbons (Fsp3) is 0. The molecule has 2 heterocycles. The van der Waals surface area contributed by atoms with Gasteiger partial charge in [0, 0.05) is 53.4 Å². The number of nitrogens with zero attached hydrogens (tertiary/aromatic N) is 1. The molecule has 10 rings (SSSR count). The Kier molecular flexibility index (Phi) is 6.39. The smallest absolute Gasteiger partial charge is 0.143 e. The lowest BCUT2D eigenvalue weighted by Crippen LogP contribution is -2.10. The summed E-state index contributed by atoms with van der Waals surface area (Å²) in [7, 11) is 0. The summed E-state index contributed by atoms with van der Waals surface area (Å²) in [5.74, 6) is 0. The second kappa shape index (κ2) is 11.2. The van der Waals surface area contributed by atoms with Gasteiger partial charge in [0.25, 0.3) is 0 Å². The molecule has 3 heteroatoms. The molecular formula is C46H29NOS. The molecule has 8 aromatic carbocycles. The fourth-order valence-electron chi connectivity index (χ4n) is 7.30. The van der Waals surface area contributed by atoms with Gasteiger partial charge in [-0.15, -0.1) is 11.3 Å². The summed E-state index contributed by atoms with van der Waals surface area (Å²) in [5, 5.41) is 7.18. The zero-order valence-corrected chi connectivity index (χ0v) is 27.3. The van der Waals surface area contributed by atoms with Gasteiger partial charge in [-0.25, -0.2) is 0 Å². The second-order valence-corrected chi connectivity index (χ2v) is 13.6. The number of fused-ring (bicyclic) bond motifs is 8. The van der Waals surface area contributed by atoms with Crippen LogP contribution in [0.3, 0.4) is 0 Å². The first kappa shape index (κ1) is 27.9. The lowest BCUT2D eigenvalue weighted by atomic mass is 10.0. The Morgan fingerprint density at radius 1 is 0.408 bits per heavy atom. The van der Waals surface area contributed by atoms with Crippen molar-refractivity contribution in [1.82, 2.24) is 0 Å². The lowest BCUT2D eigenvalue weighted by Gasteiger charge is -2.26. The van der Waals surface area contributed by atoms with Gasteiger partial charge in [-0.2, -0.15) is 0 Å². The van der Waals surface area contributed by atoms with Gasteiger partial charge in [-0.05, 0) is 88.3 Å². The molecule has 0 aliphatic rings. The van der Waals surface area contributed by atoms with Crippen molar-refractivity contribution in [3.63, 3.8) is 0 Å². The maximum absolute atomic E-state index is 6.39.